The molecule has 1 saturated heterocycles. The van der Waals surface area contributed by atoms with Gasteiger partial charge in [0.05, 0.1) is 6.61 Å². The number of hydrogen-bond acceptors (Lipinski definition) is 1. The molecule has 0 aliphatic carbocycles. The summed E-state index contributed by atoms with van der Waals surface area (Å²) in [6.07, 6.45) is 0.473. The minimum absolute atomic E-state index is 0.0847. The van der Waals surface area contributed by atoms with Crippen LogP contribution >= 0.6 is 0 Å². The van der Waals surface area contributed by atoms with Gasteiger partial charge in [-0.3, -0.25) is 0 Å². The molecule has 0 aromatic heterocycles. The Morgan fingerprint density at radius 1 is 1.36 bits per heavy atom. The summed E-state index contributed by atoms with van der Waals surface area (Å²) in [6, 6.07) is 6.30. The van der Waals surface area contributed by atoms with Crippen molar-refractivity contribution in [2.24, 2.45) is 0 Å². The molecule has 1 aliphatic heterocycles. The molecular weight excluding hydrogens is 186 g/mol. The van der Waals surface area contributed by atoms with Crippen molar-refractivity contribution in [2.75, 3.05) is 13.2 Å². The van der Waals surface area contributed by atoms with Gasteiger partial charge in [-0.15, -0.1) is 0 Å². The monoisotopic (exact) mass is 198 g/mol. The van der Waals surface area contributed by atoms with E-state index in [2.05, 4.69) is 0 Å². The van der Waals surface area contributed by atoms with Crippen LogP contribution in [0.15, 0.2) is 24.3 Å². The van der Waals surface area contributed by atoms with Crippen molar-refractivity contribution in [2.45, 2.75) is 18.5 Å². The summed E-state index contributed by atoms with van der Waals surface area (Å²) in [5.41, 5.74) is -0.942. The zero-order valence-electron chi connectivity index (χ0n) is 7.80. The molecule has 0 bridgehead atoms. The van der Waals surface area contributed by atoms with E-state index in [1.54, 1.807) is 18.2 Å². The van der Waals surface area contributed by atoms with Crippen molar-refractivity contribution < 1.29 is 13.5 Å². The van der Waals surface area contributed by atoms with Gasteiger partial charge >= 0.3 is 0 Å². The third kappa shape index (κ3) is 1.93. The van der Waals surface area contributed by atoms with Gasteiger partial charge in [0, 0.05) is 19.4 Å². The second-order valence-electron chi connectivity index (χ2n) is 3.72. The first-order chi connectivity index (χ1) is 6.70. The Morgan fingerprint density at radius 2 is 2.14 bits per heavy atom. The van der Waals surface area contributed by atoms with E-state index < -0.39 is 5.67 Å². The second kappa shape index (κ2) is 3.65. The Hall–Kier alpha value is -0.960. The highest BCUT2D eigenvalue weighted by molar-refractivity contribution is 5.19. The van der Waals surface area contributed by atoms with Crippen LogP contribution in [0.2, 0.25) is 0 Å². The lowest BCUT2D eigenvalue weighted by atomic mass is 9.95. The molecule has 1 atom stereocenters. The molecule has 0 N–H and O–H groups in total. The van der Waals surface area contributed by atoms with Crippen molar-refractivity contribution in [1.29, 1.82) is 0 Å². The summed E-state index contributed by atoms with van der Waals surface area (Å²) in [7, 11) is 0. The second-order valence-corrected chi connectivity index (χ2v) is 3.72. The highest BCUT2D eigenvalue weighted by Gasteiger charge is 2.35. The average molecular weight is 198 g/mol. The molecule has 0 saturated carbocycles. The number of ether oxygens (including phenoxy) is 1. The van der Waals surface area contributed by atoms with Crippen LogP contribution in [0.5, 0.6) is 0 Å². The fraction of sp³-hybridized carbons (Fsp3) is 0.455. The fourth-order valence-electron chi connectivity index (χ4n) is 1.70. The first-order valence-electron chi connectivity index (χ1n) is 4.70. The van der Waals surface area contributed by atoms with Gasteiger partial charge in [0.25, 0.3) is 0 Å². The van der Waals surface area contributed by atoms with Crippen molar-refractivity contribution in [3.8, 4) is 0 Å². The molecule has 1 heterocycles. The molecule has 14 heavy (non-hydrogen) atoms. The van der Waals surface area contributed by atoms with Gasteiger partial charge in [0.15, 0.2) is 0 Å². The summed E-state index contributed by atoms with van der Waals surface area (Å²) in [5, 5.41) is 0. The number of alkyl halides is 1. The van der Waals surface area contributed by atoms with Gasteiger partial charge in [-0.1, -0.05) is 18.2 Å². The molecule has 0 radical (unpaired) electrons. The molecule has 1 aromatic rings. The average Bonchev–Trinajstić information content (AvgIpc) is 2.57. The maximum absolute atomic E-state index is 13.9. The summed E-state index contributed by atoms with van der Waals surface area (Å²) >= 11 is 0. The maximum Gasteiger partial charge on any atom is 0.140 e. The lowest BCUT2D eigenvalue weighted by Crippen LogP contribution is -2.26. The van der Waals surface area contributed by atoms with Gasteiger partial charge in [-0.05, 0) is 11.6 Å². The number of rotatable bonds is 2. The van der Waals surface area contributed by atoms with Crippen molar-refractivity contribution in [1.82, 2.24) is 0 Å². The molecule has 1 aliphatic rings. The number of hydrogen-bond donors (Lipinski definition) is 0. The van der Waals surface area contributed by atoms with E-state index in [0.29, 0.717) is 18.6 Å². The summed E-state index contributed by atoms with van der Waals surface area (Å²) < 4.78 is 32.1. The number of benzene rings is 1. The molecule has 0 spiro atoms. The minimum atomic E-state index is -1.37. The zero-order chi connectivity index (χ0) is 10.0. The third-order valence-corrected chi connectivity index (χ3v) is 2.52. The highest BCUT2D eigenvalue weighted by Crippen LogP contribution is 2.28. The molecule has 2 rings (SSSR count). The first kappa shape index (κ1) is 9.59. The van der Waals surface area contributed by atoms with E-state index in [4.69, 9.17) is 4.74 Å². The Kier molecular flexibility index (Phi) is 2.50. The van der Waals surface area contributed by atoms with E-state index >= 15 is 0 Å². The molecule has 1 fully saturated rings. The van der Waals surface area contributed by atoms with Gasteiger partial charge < -0.3 is 4.74 Å². The predicted molar refractivity (Wildman–Crippen MR) is 49.4 cm³/mol. The van der Waals surface area contributed by atoms with Gasteiger partial charge in [-0.25, -0.2) is 8.78 Å². The van der Waals surface area contributed by atoms with Crippen LogP contribution in [-0.2, 0) is 11.2 Å². The molecule has 76 valence electrons. The van der Waals surface area contributed by atoms with Crippen molar-refractivity contribution in [3.63, 3.8) is 0 Å². The van der Waals surface area contributed by atoms with Gasteiger partial charge in [0.1, 0.15) is 11.5 Å². The van der Waals surface area contributed by atoms with Crippen LogP contribution in [0.4, 0.5) is 8.78 Å². The van der Waals surface area contributed by atoms with E-state index in [9.17, 15) is 8.78 Å². The summed E-state index contributed by atoms with van der Waals surface area (Å²) in [5.74, 6) is -0.337. The van der Waals surface area contributed by atoms with Crippen LogP contribution in [0.3, 0.4) is 0 Å². The van der Waals surface area contributed by atoms with E-state index in [-0.39, 0.29) is 18.8 Å². The van der Waals surface area contributed by atoms with E-state index in [1.807, 2.05) is 0 Å². The quantitative estimate of drug-likeness (QED) is 0.709. The third-order valence-electron chi connectivity index (χ3n) is 2.52. The maximum atomic E-state index is 13.9. The van der Waals surface area contributed by atoms with Crippen LogP contribution in [0.1, 0.15) is 12.0 Å². The Morgan fingerprint density at radius 3 is 2.79 bits per heavy atom. The lowest BCUT2D eigenvalue weighted by Gasteiger charge is -2.17. The topological polar surface area (TPSA) is 9.23 Å². The van der Waals surface area contributed by atoms with Crippen LogP contribution in [0, 0.1) is 5.82 Å². The smallest absolute Gasteiger partial charge is 0.140 e. The largest absolute Gasteiger partial charge is 0.378 e. The van der Waals surface area contributed by atoms with E-state index in [0.717, 1.165) is 0 Å². The highest BCUT2D eigenvalue weighted by atomic mass is 19.1. The molecule has 3 heteroatoms. The molecular formula is C11H12F2O. The molecule has 1 aromatic carbocycles. The van der Waals surface area contributed by atoms with E-state index in [1.165, 1.54) is 6.07 Å². The van der Waals surface area contributed by atoms with Crippen molar-refractivity contribution >= 4 is 0 Å². The van der Waals surface area contributed by atoms with Crippen LogP contribution in [0.25, 0.3) is 0 Å². The van der Waals surface area contributed by atoms with Gasteiger partial charge in [0.2, 0.25) is 0 Å². The fourth-order valence-corrected chi connectivity index (χ4v) is 1.70. The molecule has 1 nitrogen and oxygen atoms in total. The zero-order valence-corrected chi connectivity index (χ0v) is 7.80. The van der Waals surface area contributed by atoms with Crippen LogP contribution < -0.4 is 0 Å². The number of halogens is 2. The normalized spacial score (nSPS) is 26.7. The predicted octanol–water partition coefficient (Wildman–Crippen LogP) is 2.50. The first-order valence-corrected chi connectivity index (χ1v) is 4.70. The van der Waals surface area contributed by atoms with Crippen LogP contribution in [-0.4, -0.2) is 18.9 Å². The standard InChI is InChI=1S/C11H12F2O/c12-10-4-2-1-3-9(10)7-11(13)5-6-14-8-11/h1-4H,5-8H2. The van der Waals surface area contributed by atoms with Gasteiger partial charge in [-0.2, -0.15) is 0 Å². The Bertz CT molecular complexity index is 319. The SMILES string of the molecule is Fc1ccccc1CC1(F)CCOC1. The Labute approximate surface area is 81.7 Å². The lowest BCUT2D eigenvalue weighted by molar-refractivity contribution is 0.112. The molecule has 1 unspecified atom stereocenters. The minimum Gasteiger partial charge on any atom is -0.378 e. The summed E-state index contributed by atoms with van der Waals surface area (Å²) in [4.78, 5) is 0. The Balaban J connectivity index is 2.14. The summed E-state index contributed by atoms with van der Waals surface area (Å²) in [6.45, 7) is 0.520. The van der Waals surface area contributed by atoms with Crippen molar-refractivity contribution in [3.05, 3.63) is 35.6 Å². The molecule has 0 amide bonds.